The van der Waals surface area contributed by atoms with Crippen molar-refractivity contribution in [1.29, 1.82) is 0 Å². The fourth-order valence-corrected chi connectivity index (χ4v) is 8.33. The molecule has 4 bridgehead atoms. The number of nitrogens with zero attached hydrogens (tertiary/aromatic N) is 3. The summed E-state index contributed by atoms with van der Waals surface area (Å²) >= 11 is 0. The van der Waals surface area contributed by atoms with E-state index in [1.165, 1.54) is 25.3 Å². The van der Waals surface area contributed by atoms with Crippen LogP contribution < -0.4 is 25.4 Å². The van der Waals surface area contributed by atoms with E-state index < -0.39 is 65.0 Å². The highest BCUT2D eigenvalue weighted by Crippen LogP contribution is 2.41. The number of aromatic nitrogens is 2. The predicted octanol–water partition coefficient (Wildman–Crippen LogP) is 7.44. The zero-order chi connectivity index (χ0) is 52.9. The van der Waals surface area contributed by atoms with Gasteiger partial charge in [0.2, 0.25) is 18.2 Å². The Morgan fingerprint density at radius 3 is 2.19 bits per heavy atom. The number of hydrogen-bond donors (Lipinski definition) is 3. The highest BCUT2D eigenvalue weighted by atomic mass is 16.6. The monoisotopic (exact) mass is 991 g/mol. The summed E-state index contributed by atoms with van der Waals surface area (Å²) in [6, 6.07) is 15.9. The summed E-state index contributed by atoms with van der Waals surface area (Å²) in [6.45, 7) is 17.4. The molecule has 0 unspecified atom stereocenters. The molecule has 0 radical (unpaired) electrons. The molecule has 4 atom stereocenters. The first-order valence-electron chi connectivity index (χ1n) is 24.4. The lowest BCUT2D eigenvalue weighted by Gasteiger charge is -2.32. The number of methoxy groups -OCH3 is 1. The number of ether oxygens (including phenoxy) is 4. The summed E-state index contributed by atoms with van der Waals surface area (Å²) in [5.74, 6) is -3.51. The Balaban J connectivity index is 1.57. The molecule has 386 valence electrons. The molecule has 5 rings (SSSR count). The zero-order valence-electron chi connectivity index (χ0n) is 43.4. The van der Waals surface area contributed by atoms with E-state index in [1.807, 2.05) is 31.2 Å². The fraction of sp³-hybridized carbons (Fsp3) is 0.473. The second-order valence-electron chi connectivity index (χ2n) is 20.1. The number of carbonyl (C=O) groups excluding carboxylic acids is 7. The molecule has 0 aliphatic carbocycles. The largest absolute Gasteiger partial charge is 0.493 e. The van der Waals surface area contributed by atoms with E-state index in [1.54, 1.807) is 71.0 Å². The van der Waals surface area contributed by atoms with Gasteiger partial charge in [0.05, 0.1) is 31.5 Å². The number of hydrogen-bond acceptors (Lipinski definition) is 13. The lowest BCUT2D eigenvalue weighted by atomic mass is 9.86. The summed E-state index contributed by atoms with van der Waals surface area (Å²) in [7, 11) is 2.69. The van der Waals surface area contributed by atoms with Gasteiger partial charge >= 0.3 is 12.1 Å². The average Bonchev–Trinajstić information content (AvgIpc) is 3.32. The van der Waals surface area contributed by atoms with Gasteiger partial charge in [0.1, 0.15) is 35.8 Å². The minimum atomic E-state index is -1.30. The molecule has 1 aliphatic rings. The number of Topliss-reactive ketones (excluding diaryl/α,β-unsaturated/α-hetero) is 2. The number of rotatable bonds is 18. The molecule has 4 amide bonds. The molecule has 0 saturated heterocycles. The third kappa shape index (κ3) is 14.9. The van der Waals surface area contributed by atoms with E-state index in [0.717, 1.165) is 11.1 Å². The minimum Gasteiger partial charge on any atom is -0.493 e. The Hall–Kier alpha value is -7.17. The van der Waals surface area contributed by atoms with Crippen LogP contribution in [-0.2, 0) is 45.3 Å². The van der Waals surface area contributed by atoms with Gasteiger partial charge in [-0.3, -0.25) is 24.0 Å². The third-order valence-corrected chi connectivity index (χ3v) is 12.2. The van der Waals surface area contributed by atoms with Crippen molar-refractivity contribution < 1.29 is 52.5 Å². The molecule has 4 aromatic rings. The van der Waals surface area contributed by atoms with Crippen molar-refractivity contribution in [3.05, 3.63) is 94.8 Å². The van der Waals surface area contributed by atoms with Crippen LogP contribution in [0.4, 0.5) is 4.79 Å². The van der Waals surface area contributed by atoms with Crippen molar-refractivity contribution in [3.63, 3.8) is 0 Å². The first kappa shape index (κ1) is 55.8. The van der Waals surface area contributed by atoms with Gasteiger partial charge in [0, 0.05) is 67.6 Å². The molecule has 1 aliphatic heterocycles. The first-order chi connectivity index (χ1) is 34.0. The van der Waals surface area contributed by atoms with Crippen LogP contribution in [0.3, 0.4) is 0 Å². The summed E-state index contributed by atoms with van der Waals surface area (Å²) in [4.78, 5) is 105. The molecule has 3 aromatic carbocycles. The number of aryl methyl sites for hydroxylation is 1. The number of ketones is 2. The maximum absolute atomic E-state index is 15.0. The van der Waals surface area contributed by atoms with E-state index in [-0.39, 0.29) is 56.4 Å². The Bertz CT molecular complexity index is 2600. The second kappa shape index (κ2) is 24.8. The smallest absolute Gasteiger partial charge is 0.407 e. The van der Waals surface area contributed by atoms with Crippen molar-refractivity contribution in [1.82, 2.24) is 30.8 Å². The van der Waals surface area contributed by atoms with Gasteiger partial charge in [0.25, 0.3) is 0 Å². The summed E-state index contributed by atoms with van der Waals surface area (Å²) in [6.07, 6.45) is 1.44. The molecule has 0 fully saturated rings. The maximum Gasteiger partial charge on any atom is 0.407 e. The number of carbonyl (C=O) groups is 7. The predicted molar refractivity (Wildman–Crippen MR) is 271 cm³/mol. The topological polar surface area (TPSA) is 222 Å². The van der Waals surface area contributed by atoms with Gasteiger partial charge in [-0.05, 0) is 86.9 Å². The minimum absolute atomic E-state index is 0.0217. The number of fused-ring (bicyclic) bond motifs is 5. The summed E-state index contributed by atoms with van der Waals surface area (Å²) < 4.78 is 23.1. The quantitative estimate of drug-likeness (QED) is 0.0382. The van der Waals surface area contributed by atoms with Crippen molar-refractivity contribution in [2.24, 2.45) is 11.8 Å². The van der Waals surface area contributed by atoms with Crippen LogP contribution in [-0.4, -0.2) is 109 Å². The molecule has 0 spiro atoms. The fourth-order valence-electron chi connectivity index (χ4n) is 8.33. The molecule has 17 heteroatoms. The standard InChI is InChI=1S/C55H70N6O11/c1-12-24-70-47-20-16-37-29-41(47)40-27-35(13-19-46(40)71-25-23-57-53(68)72-55(7,8)9)28-43(52(67)69-11)60-50(65)33(2)26-45(64)48(37)61(10)51(66)38(21-22-56-32-62)30-44(63)42-31-58-49(59-34(42)3)36-14-17-39(18-15-36)54(4,5)6/h13-20,27,29,31-33,38,43,48H,12,21-26,28,30H2,1-11H3,(H,56,62)(H,57,68)(H,60,65)/t33-,38-,43+,48+/m1/s1. The molecule has 3 N–H and O–H groups in total. The van der Waals surface area contributed by atoms with E-state index in [9.17, 15) is 33.6 Å². The van der Waals surface area contributed by atoms with Crippen molar-refractivity contribution >= 4 is 41.9 Å². The van der Waals surface area contributed by atoms with Crippen LogP contribution in [0.25, 0.3) is 22.5 Å². The Morgan fingerprint density at radius 1 is 0.903 bits per heavy atom. The zero-order valence-corrected chi connectivity index (χ0v) is 43.4. The molecule has 1 aromatic heterocycles. The number of amides is 4. The Labute approximate surface area is 422 Å². The van der Waals surface area contributed by atoms with Crippen LogP contribution in [0.15, 0.2) is 66.9 Å². The second-order valence-corrected chi connectivity index (χ2v) is 20.1. The van der Waals surface area contributed by atoms with Crippen LogP contribution in [0, 0.1) is 18.8 Å². The van der Waals surface area contributed by atoms with Gasteiger partial charge in [-0.15, -0.1) is 0 Å². The number of likely N-dealkylation sites (N-methyl/N-ethyl adjacent to an activating group) is 1. The summed E-state index contributed by atoms with van der Waals surface area (Å²) in [5.41, 5.74) is 3.79. The van der Waals surface area contributed by atoms with Crippen LogP contribution in [0.1, 0.15) is 120 Å². The average molecular weight is 991 g/mol. The van der Waals surface area contributed by atoms with Crippen molar-refractivity contribution in [2.75, 3.05) is 40.5 Å². The number of alkyl carbamates (subject to hydrolysis) is 1. The molecule has 0 saturated carbocycles. The van der Waals surface area contributed by atoms with Gasteiger partial charge in [-0.25, -0.2) is 19.6 Å². The molecule has 72 heavy (non-hydrogen) atoms. The third-order valence-electron chi connectivity index (χ3n) is 12.2. The van der Waals surface area contributed by atoms with Gasteiger partial charge in [0.15, 0.2) is 17.4 Å². The van der Waals surface area contributed by atoms with Crippen LogP contribution in [0.5, 0.6) is 11.5 Å². The van der Waals surface area contributed by atoms with Crippen LogP contribution >= 0.6 is 0 Å². The van der Waals surface area contributed by atoms with Gasteiger partial charge < -0.3 is 39.8 Å². The van der Waals surface area contributed by atoms with E-state index in [0.29, 0.717) is 64.7 Å². The van der Waals surface area contributed by atoms with E-state index >= 15 is 0 Å². The SMILES string of the molecule is CCCOc1ccc2cc1-c1cc(ccc1OCCNC(=O)OC(C)(C)C)C[C@@H](C(=O)OC)NC(=O)[C@H](C)CC(=O)[C@H]2N(C)C(=O)[C@H](CCNC=O)CC(=O)c1cnc(-c2ccc(C(C)(C)C)cc2)nc1C. The Kier molecular flexibility index (Phi) is 19.2. The van der Waals surface area contributed by atoms with Crippen molar-refractivity contribution in [3.8, 4) is 34.0 Å². The number of benzene rings is 3. The molecule has 2 heterocycles. The lowest BCUT2D eigenvalue weighted by molar-refractivity contribution is -0.146. The Morgan fingerprint density at radius 2 is 1.57 bits per heavy atom. The molecular weight excluding hydrogens is 921 g/mol. The van der Waals surface area contributed by atoms with Crippen molar-refractivity contribution in [2.45, 2.75) is 118 Å². The summed E-state index contributed by atoms with van der Waals surface area (Å²) in [5, 5.41) is 8.05. The first-order valence-corrected chi connectivity index (χ1v) is 24.4. The molecular formula is C55H70N6O11. The highest BCUT2D eigenvalue weighted by molar-refractivity contribution is 6.00. The normalized spacial score (nSPS) is 16.5. The maximum atomic E-state index is 15.0. The van der Waals surface area contributed by atoms with Gasteiger partial charge in [-0.1, -0.05) is 71.0 Å². The van der Waals surface area contributed by atoms with E-state index in [2.05, 4.69) is 46.7 Å². The number of nitrogens with one attached hydrogen (secondary N) is 3. The van der Waals surface area contributed by atoms with Gasteiger partial charge in [-0.2, -0.15) is 0 Å². The highest BCUT2D eigenvalue weighted by Gasteiger charge is 2.37. The van der Waals surface area contributed by atoms with E-state index in [4.69, 9.17) is 18.9 Å². The number of esters is 1. The molecule has 17 nitrogen and oxygen atoms in total. The van der Waals surface area contributed by atoms with Crippen LogP contribution in [0.2, 0.25) is 0 Å². The lowest BCUT2D eigenvalue weighted by Crippen LogP contribution is -2.46.